The van der Waals surface area contributed by atoms with Gasteiger partial charge in [0.1, 0.15) is 0 Å². The number of hydrogen-bond donors (Lipinski definition) is 2. The fourth-order valence-electron chi connectivity index (χ4n) is 3.67. The second kappa shape index (κ2) is 7.13. The Kier molecular flexibility index (Phi) is 5.27. The van der Waals surface area contributed by atoms with Crippen LogP contribution in [0.15, 0.2) is 24.3 Å². The number of rotatable bonds is 4. The summed E-state index contributed by atoms with van der Waals surface area (Å²) in [5, 5.41) is 3.69. The third-order valence-corrected chi connectivity index (χ3v) is 7.24. The van der Waals surface area contributed by atoms with Crippen molar-refractivity contribution in [2.75, 3.05) is 49.1 Å². The number of benzene rings is 1. The molecule has 2 saturated heterocycles. The molecular formula is C17H25ClN3O3S+. The lowest BCUT2D eigenvalue weighted by Gasteiger charge is -2.34. The van der Waals surface area contributed by atoms with Gasteiger partial charge in [-0.15, -0.1) is 0 Å². The summed E-state index contributed by atoms with van der Waals surface area (Å²) in [4.78, 5) is 15.8. The van der Waals surface area contributed by atoms with Gasteiger partial charge in [-0.05, 0) is 25.5 Å². The molecule has 2 heterocycles. The van der Waals surface area contributed by atoms with Crippen LogP contribution in [0.25, 0.3) is 0 Å². The Morgan fingerprint density at radius 2 is 2.00 bits per heavy atom. The minimum absolute atomic E-state index is 0.0430. The largest absolute Gasteiger partial charge is 0.359 e. The third kappa shape index (κ3) is 4.65. The maximum absolute atomic E-state index is 12.3. The summed E-state index contributed by atoms with van der Waals surface area (Å²) in [6.45, 7) is 5.60. The highest BCUT2D eigenvalue weighted by atomic mass is 35.5. The van der Waals surface area contributed by atoms with Gasteiger partial charge in [-0.3, -0.25) is 4.79 Å². The molecule has 0 spiro atoms. The quantitative estimate of drug-likeness (QED) is 0.748. The number of sulfone groups is 1. The first-order valence-electron chi connectivity index (χ1n) is 8.61. The molecule has 0 unspecified atom stereocenters. The Bertz CT molecular complexity index is 747. The lowest BCUT2D eigenvalue weighted by Crippen LogP contribution is -3.16. The molecule has 1 aromatic carbocycles. The number of nitrogens with zero attached hydrogens (tertiary/aromatic N) is 1. The van der Waals surface area contributed by atoms with Crippen LogP contribution in [0.4, 0.5) is 5.69 Å². The van der Waals surface area contributed by atoms with E-state index in [0.29, 0.717) is 13.0 Å². The molecule has 0 bridgehead atoms. The van der Waals surface area contributed by atoms with E-state index in [4.69, 9.17) is 11.6 Å². The zero-order valence-corrected chi connectivity index (χ0v) is 16.0. The van der Waals surface area contributed by atoms with Crippen molar-refractivity contribution < 1.29 is 18.1 Å². The third-order valence-electron chi connectivity index (χ3n) is 5.02. The first-order chi connectivity index (χ1) is 11.8. The van der Waals surface area contributed by atoms with Crippen molar-refractivity contribution in [3.05, 3.63) is 29.3 Å². The summed E-state index contributed by atoms with van der Waals surface area (Å²) < 4.78 is 23.3. The predicted molar refractivity (Wildman–Crippen MR) is 99.0 cm³/mol. The molecule has 0 aliphatic carbocycles. The number of carbonyl (C=O) groups excluding carboxylic acids is 1. The smallest absolute Gasteiger partial charge is 0.275 e. The van der Waals surface area contributed by atoms with Crippen LogP contribution in [0, 0.1) is 0 Å². The first-order valence-corrected chi connectivity index (χ1v) is 10.8. The highest BCUT2D eigenvalue weighted by molar-refractivity contribution is 7.91. The number of quaternary nitrogens is 1. The fraction of sp³-hybridized carbons (Fsp3) is 0.588. The summed E-state index contributed by atoms with van der Waals surface area (Å²) in [7, 11) is -3.02. The van der Waals surface area contributed by atoms with Gasteiger partial charge < -0.3 is 15.1 Å². The van der Waals surface area contributed by atoms with Crippen molar-refractivity contribution in [3.63, 3.8) is 0 Å². The van der Waals surface area contributed by atoms with Gasteiger partial charge in [-0.2, -0.15) is 0 Å². The molecule has 0 radical (unpaired) electrons. The Hall–Kier alpha value is -1.31. The molecule has 0 aromatic heterocycles. The van der Waals surface area contributed by atoms with Crippen LogP contribution >= 0.6 is 11.6 Å². The van der Waals surface area contributed by atoms with Crippen LogP contribution in [-0.4, -0.2) is 64.1 Å². The van der Waals surface area contributed by atoms with E-state index < -0.39 is 15.4 Å². The number of piperazine rings is 1. The van der Waals surface area contributed by atoms with Crippen molar-refractivity contribution in [2.24, 2.45) is 0 Å². The number of nitrogens with one attached hydrogen (secondary N) is 2. The van der Waals surface area contributed by atoms with E-state index in [9.17, 15) is 13.2 Å². The minimum atomic E-state index is -3.02. The van der Waals surface area contributed by atoms with Crippen molar-refractivity contribution in [1.29, 1.82) is 0 Å². The molecule has 6 nitrogen and oxygen atoms in total. The van der Waals surface area contributed by atoms with Gasteiger partial charge in [0.15, 0.2) is 16.4 Å². The van der Waals surface area contributed by atoms with Gasteiger partial charge in [-0.25, -0.2) is 8.42 Å². The maximum Gasteiger partial charge on any atom is 0.275 e. The Morgan fingerprint density at radius 1 is 1.32 bits per heavy atom. The fourth-order valence-corrected chi connectivity index (χ4v) is 6.01. The molecule has 1 atom stereocenters. The van der Waals surface area contributed by atoms with Gasteiger partial charge in [0.2, 0.25) is 0 Å². The van der Waals surface area contributed by atoms with E-state index >= 15 is 0 Å². The normalized spacial score (nSPS) is 26.6. The number of halogens is 1. The van der Waals surface area contributed by atoms with Crippen molar-refractivity contribution >= 4 is 33.0 Å². The van der Waals surface area contributed by atoms with Crippen LogP contribution in [0.5, 0.6) is 0 Å². The number of amides is 1. The molecule has 1 aromatic rings. The Labute approximate surface area is 154 Å². The molecule has 2 aliphatic heterocycles. The van der Waals surface area contributed by atoms with E-state index in [-0.39, 0.29) is 17.4 Å². The Morgan fingerprint density at radius 3 is 2.60 bits per heavy atom. The average molecular weight is 387 g/mol. The van der Waals surface area contributed by atoms with E-state index in [1.807, 2.05) is 31.2 Å². The lowest BCUT2D eigenvalue weighted by atomic mass is 10.0. The summed E-state index contributed by atoms with van der Waals surface area (Å²) in [5.41, 5.74) is 0.422. The molecule has 138 valence electrons. The average Bonchev–Trinajstić information content (AvgIpc) is 2.81. The topological polar surface area (TPSA) is 70.9 Å². The molecule has 1 amide bonds. The first kappa shape index (κ1) is 18.5. The van der Waals surface area contributed by atoms with Gasteiger partial charge in [-0.1, -0.05) is 23.7 Å². The molecule has 25 heavy (non-hydrogen) atoms. The zero-order chi connectivity index (χ0) is 18.1. The van der Waals surface area contributed by atoms with Gasteiger partial charge in [0.25, 0.3) is 5.91 Å². The number of para-hydroxylation sites is 1. The molecule has 2 N–H and O–H groups in total. The molecule has 0 saturated carbocycles. The van der Waals surface area contributed by atoms with Crippen molar-refractivity contribution in [1.82, 2.24) is 5.32 Å². The van der Waals surface area contributed by atoms with Crippen LogP contribution in [-0.2, 0) is 14.6 Å². The summed E-state index contributed by atoms with van der Waals surface area (Å²) in [5.74, 6) is 0.134. The van der Waals surface area contributed by atoms with Gasteiger partial charge >= 0.3 is 0 Å². The number of anilines is 1. The minimum Gasteiger partial charge on any atom is -0.359 e. The highest BCUT2D eigenvalue weighted by Crippen LogP contribution is 2.25. The molecule has 8 heteroatoms. The molecule has 2 fully saturated rings. The van der Waals surface area contributed by atoms with Crippen molar-refractivity contribution in [2.45, 2.75) is 18.9 Å². The standard InChI is InChI=1S/C17H24ClN3O3S/c1-17(6-11-25(23,24)13-17)19-16(22)12-20-7-9-21(10-8-20)15-5-3-2-4-14(15)18/h2-5H,6-13H2,1H3,(H,19,22)/p+1/t17-/m0/s1. The Balaban J connectivity index is 1.49. The van der Waals surface area contributed by atoms with Crippen LogP contribution in [0.1, 0.15) is 13.3 Å². The van der Waals surface area contributed by atoms with E-state index in [1.165, 1.54) is 4.90 Å². The SMILES string of the molecule is C[C@]1(NC(=O)C[NH+]2CCN(c3ccccc3Cl)CC2)CCS(=O)(=O)C1. The maximum atomic E-state index is 12.3. The summed E-state index contributed by atoms with van der Waals surface area (Å²) in [6, 6.07) is 7.80. The van der Waals surface area contributed by atoms with Crippen LogP contribution in [0.2, 0.25) is 5.02 Å². The summed E-state index contributed by atoms with van der Waals surface area (Å²) in [6.07, 6.45) is 0.497. The highest BCUT2D eigenvalue weighted by Gasteiger charge is 2.40. The predicted octanol–water partition coefficient (Wildman–Crippen LogP) is -0.262. The van der Waals surface area contributed by atoms with E-state index in [2.05, 4.69) is 10.2 Å². The second-order valence-corrected chi connectivity index (χ2v) is 9.91. The van der Waals surface area contributed by atoms with E-state index in [0.717, 1.165) is 36.9 Å². The monoisotopic (exact) mass is 386 g/mol. The second-order valence-electron chi connectivity index (χ2n) is 7.32. The molecule has 2 aliphatic rings. The van der Waals surface area contributed by atoms with Crippen molar-refractivity contribution in [3.8, 4) is 0 Å². The van der Waals surface area contributed by atoms with Gasteiger partial charge in [0.05, 0.1) is 53.9 Å². The van der Waals surface area contributed by atoms with Crippen LogP contribution in [0.3, 0.4) is 0 Å². The number of carbonyl (C=O) groups is 1. The van der Waals surface area contributed by atoms with Crippen LogP contribution < -0.4 is 15.1 Å². The molecule has 3 rings (SSSR count). The lowest BCUT2D eigenvalue weighted by molar-refractivity contribution is -0.892. The van der Waals surface area contributed by atoms with Gasteiger partial charge in [0, 0.05) is 0 Å². The summed E-state index contributed by atoms with van der Waals surface area (Å²) >= 11 is 6.25. The molecular weight excluding hydrogens is 362 g/mol. The number of hydrogen-bond acceptors (Lipinski definition) is 4. The zero-order valence-electron chi connectivity index (χ0n) is 14.4. The van der Waals surface area contributed by atoms with E-state index in [1.54, 1.807) is 0 Å².